The summed E-state index contributed by atoms with van der Waals surface area (Å²) in [4.78, 5) is 24.7. The average molecular weight is 266 g/mol. The van der Waals surface area contributed by atoms with Crippen LogP contribution in [0.1, 0.15) is 33.1 Å². The molecule has 4 heteroatoms. The van der Waals surface area contributed by atoms with E-state index in [1.807, 2.05) is 12.2 Å². The zero-order valence-corrected chi connectivity index (χ0v) is 11.7. The third kappa shape index (κ3) is 3.06. The molecule has 0 N–H and O–H groups in total. The third-order valence-corrected chi connectivity index (χ3v) is 3.39. The Kier molecular flexibility index (Phi) is 5.80. The number of rotatable bonds is 7. The first-order valence-corrected chi connectivity index (χ1v) is 6.75. The SMILES string of the molecule is C=CCC(C(=O)OCC)(C(=O)OCC)C1C=CCC1. The second-order valence-corrected chi connectivity index (χ2v) is 4.52. The van der Waals surface area contributed by atoms with Gasteiger partial charge >= 0.3 is 11.9 Å². The van der Waals surface area contributed by atoms with Crippen molar-refractivity contribution < 1.29 is 19.1 Å². The Morgan fingerprint density at radius 3 is 2.26 bits per heavy atom. The van der Waals surface area contributed by atoms with E-state index in [1.165, 1.54) is 0 Å². The van der Waals surface area contributed by atoms with Crippen LogP contribution in [0.2, 0.25) is 0 Å². The van der Waals surface area contributed by atoms with E-state index in [1.54, 1.807) is 19.9 Å². The topological polar surface area (TPSA) is 52.6 Å². The molecular weight excluding hydrogens is 244 g/mol. The summed E-state index contributed by atoms with van der Waals surface area (Å²) in [7, 11) is 0. The molecule has 1 aliphatic rings. The molecule has 1 unspecified atom stereocenters. The molecule has 0 saturated carbocycles. The van der Waals surface area contributed by atoms with E-state index in [0.29, 0.717) is 0 Å². The molecule has 1 aliphatic carbocycles. The minimum atomic E-state index is -1.28. The van der Waals surface area contributed by atoms with Crippen molar-refractivity contribution in [3.63, 3.8) is 0 Å². The van der Waals surface area contributed by atoms with Crippen LogP contribution in [0.5, 0.6) is 0 Å². The van der Waals surface area contributed by atoms with Crippen molar-refractivity contribution in [3.05, 3.63) is 24.8 Å². The van der Waals surface area contributed by atoms with E-state index in [9.17, 15) is 9.59 Å². The highest BCUT2D eigenvalue weighted by Crippen LogP contribution is 2.41. The van der Waals surface area contributed by atoms with E-state index in [4.69, 9.17) is 9.47 Å². The molecule has 4 nitrogen and oxygen atoms in total. The van der Waals surface area contributed by atoms with Crippen molar-refractivity contribution in [2.24, 2.45) is 11.3 Å². The maximum Gasteiger partial charge on any atom is 0.324 e. The quantitative estimate of drug-likeness (QED) is 0.404. The molecule has 0 heterocycles. The number of allylic oxidation sites excluding steroid dienone is 3. The van der Waals surface area contributed by atoms with Crippen LogP contribution in [0.4, 0.5) is 0 Å². The summed E-state index contributed by atoms with van der Waals surface area (Å²) in [5.74, 6) is -1.20. The van der Waals surface area contributed by atoms with E-state index < -0.39 is 17.4 Å². The maximum absolute atomic E-state index is 12.4. The molecule has 0 aromatic rings. The Bertz CT molecular complexity index is 352. The second kappa shape index (κ2) is 7.12. The normalized spacial score (nSPS) is 18.1. The van der Waals surface area contributed by atoms with Gasteiger partial charge in [-0.15, -0.1) is 6.58 Å². The molecule has 0 aromatic carbocycles. The van der Waals surface area contributed by atoms with Crippen molar-refractivity contribution in [1.29, 1.82) is 0 Å². The summed E-state index contributed by atoms with van der Waals surface area (Å²) in [6.07, 6.45) is 7.34. The predicted molar refractivity (Wildman–Crippen MR) is 72.4 cm³/mol. The van der Waals surface area contributed by atoms with Gasteiger partial charge in [-0.3, -0.25) is 9.59 Å². The monoisotopic (exact) mass is 266 g/mol. The Hall–Kier alpha value is -1.58. The van der Waals surface area contributed by atoms with E-state index >= 15 is 0 Å². The summed E-state index contributed by atoms with van der Waals surface area (Å²) >= 11 is 0. The standard InChI is InChI=1S/C15H22O4/c1-4-11-15(13(16)18-5-2,14(17)19-6-3)12-9-7-8-10-12/h4,7,9,12H,1,5-6,8,10-11H2,2-3H3. The second-order valence-electron chi connectivity index (χ2n) is 4.52. The van der Waals surface area contributed by atoms with Crippen molar-refractivity contribution >= 4 is 11.9 Å². The molecule has 106 valence electrons. The Labute approximate surface area is 114 Å². The van der Waals surface area contributed by atoms with Gasteiger partial charge in [-0.05, 0) is 33.1 Å². The lowest BCUT2D eigenvalue weighted by molar-refractivity contribution is -0.175. The number of esters is 2. The predicted octanol–water partition coefficient (Wildman–Crippen LogP) is 2.64. The molecule has 0 radical (unpaired) electrons. The van der Waals surface area contributed by atoms with Crippen LogP contribution < -0.4 is 0 Å². The van der Waals surface area contributed by atoms with Gasteiger partial charge in [0.1, 0.15) is 0 Å². The molecule has 1 rings (SSSR count). The average Bonchev–Trinajstić information content (AvgIpc) is 2.90. The number of hydrogen-bond acceptors (Lipinski definition) is 4. The first-order chi connectivity index (χ1) is 9.13. The lowest BCUT2D eigenvalue weighted by atomic mass is 9.72. The highest BCUT2D eigenvalue weighted by molar-refractivity contribution is 6.01. The first kappa shape index (κ1) is 15.5. The first-order valence-electron chi connectivity index (χ1n) is 6.75. The molecule has 0 aromatic heterocycles. The van der Waals surface area contributed by atoms with E-state index in [0.717, 1.165) is 12.8 Å². The van der Waals surface area contributed by atoms with Crippen LogP contribution in [0.25, 0.3) is 0 Å². The largest absolute Gasteiger partial charge is 0.465 e. The van der Waals surface area contributed by atoms with Crippen LogP contribution in [0.3, 0.4) is 0 Å². The highest BCUT2D eigenvalue weighted by Gasteiger charge is 2.53. The van der Waals surface area contributed by atoms with Gasteiger partial charge in [-0.2, -0.15) is 0 Å². The van der Waals surface area contributed by atoms with Crippen LogP contribution in [-0.2, 0) is 19.1 Å². The molecule has 0 bridgehead atoms. The summed E-state index contributed by atoms with van der Waals surface area (Å²) in [5, 5.41) is 0. The van der Waals surface area contributed by atoms with Crippen molar-refractivity contribution in [1.82, 2.24) is 0 Å². The minimum absolute atomic E-state index is 0.177. The van der Waals surface area contributed by atoms with Gasteiger partial charge in [0.15, 0.2) is 5.41 Å². The maximum atomic E-state index is 12.4. The van der Waals surface area contributed by atoms with Crippen molar-refractivity contribution in [3.8, 4) is 0 Å². The number of carbonyl (C=O) groups is 2. The highest BCUT2D eigenvalue weighted by atomic mass is 16.6. The van der Waals surface area contributed by atoms with Crippen LogP contribution in [0.15, 0.2) is 24.8 Å². The smallest absolute Gasteiger partial charge is 0.324 e. The Balaban J connectivity index is 3.15. The van der Waals surface area contributed by atoms with Crippen molar-refractivity contribution in [2.45, 2.75) is 33.1 Å². The fourth-order valence-electron chi connectivity index (χ4n) is 2.49. The van der Waals surface area contributed by atoms with Gasteiger partial charge in [-0.25, -0.2) is 0 Å². The number of carbonyl (C=O) groups excluding carboxylic acids is 2. The Morgan fingerprint density at radius 2 is 1.89 bits per heavy atom. The van der Waals surface area contributed by atoms with Gasteiger partial charge in [0.05, 0.1) is 13.2 Å². The molecule has 0 amide bonds. The summed E-state index contributed by atoms with van der Waals surface area (Å²) < 4.78 is 10.2. The van der Waals surface area contributed by atoms with E-state index in [-0.39, 0.29) is 25.6 Å². The van der Waals surface area contributed by atoms with Crippen molar-refractivity contribution in [2.75, 3.05) is 13.2 Å². The molecule has 0 spiro atoms. The van der Waals surface area contributed by atoms with Gasteiger partial charge in [0, 0.05) is 5.92 Å². The molecule has 0 saturated heterocycles. The van der Waals surface area contributed by atoms with E-state index in [2.05, 4.69) is 6.58 Å². The fraction of sp³-hybridized carbons (Fsp3) is 0.600. The lowest BCUT2D eigenvalue weighted by Crippen LogP contribution is -2.46. The summed E-state index contributed by atoms with van der Waals surface area (Å²) in [6, 6.07) is 0. The van der Waals surface area contributed by atoms with Gasteiger partial charge in [0.2, 0.25) is 0 Å². The van der Waals surface area contributed by atoms with Crippen LogP contribution in [-0.4, -0.2) is 25.2 Å². The van der Waals surface area contributed by atoms with Gasteiger partial charge in [0.25, 0.3) is 0 Å². The van der Waals surface area contributed by atoms with Crippen LogP contribution >= 0.6 is 0 Å². The number of hydrogen-bond donors (Lipinski definition) is 0. The molecule has 1 atom stereocenters. The van der Waals surface area contributed by atoms with Gasteiger partial charge in [-0.1, -0.05) is 18.2 Å². The summed E-state index contributed by atoms with van der Waals surface area (Å²) in [6.45, 7) is 7.61. The third-order valence-electron chi connectivity index (χ3n) is 3.39. The summed E-state index contributed by atoms with van der Waals surface area (Å²) in [5.41, 5.74) is -1.28. The number of ether oxygens (including phenoxy) is 2. The minimum Gasteiger partial charge on any atom is -0.465 e. The molecule has 19 heavy (non-hydrogen) atoms. The Morgan fingerprint density at radius 1 is 1.32 bits per heavy atom. The molecular formula is C15H22O4. The molecule has 0 fully saturated rings. The fourth-order valence-corrected chi connectivity index (χ4v) is 2.49. The van der Waals surface area contributed by atoms with Gasteiger partial charge < -0.3 is 9.47 Å². The zero-order valence-electron chi connectivity index (χ0n) is 11.7. The van der Waals surface area contributed by atoms with Crippen LogP contribution in [0, 0.1) is 11.3 Å². The lowest BCUT2D eigenvalue weighted by Gasteiger charge is -2.32. The molecule has 0 aliphatic heterocycles. The zero-order chi connectivity index (χ0) is 14.3.